The van der Waals surface area contributed by atoms with Crippen molar-refractivity contribution in [3.05, 3.63) is 65.0 Å². The highest BCUT2D eigenvalue weighted by Crippen LogP contribution is 2.27. The van der Waals surface area contributed by atoms with Gasteiger partial charge < -0.3 is 29.6 Å². The third-order valence-electron chi connectivity index (χ3n) is 9.94. The molecule has 0 bridgehead atoms. The third-order valence-corrected chi connectivity index (χ3v) is 10.9. The Balaban J connectivity index is 1.25. The van der Waals surface area contributed by atoms with Gasteiger partial charge in [-0.1, -0.05) is 35.9 Å². The van der Waals surface area contributed by atoms with E-state index in [0.717, 1.165) is 37.8 Å². The van der Waals surface area contributed by atoms with Crippen LogP contribution in [0.3, 0.4) is 0 Å². The van der Waals surface area contributed by atoms with Crippen molar-refractivity contribution in [1.29, 1.82) is 0 Å². The summed E-state index contributed by atoms with van der Waals surface area (Å²) in [5, 5.41) is 6.70. The summed E-state index contributed by atoms with van der Waals surface area (Å²) in [7, 11) is -3.79. The molecule has 52 heavy (non-hydrogen) atoms. The number of rotatable bonds is 15. The number of fused-ring (bicyclic) bond motifs is 1. The summed E-state index contributed by atoms with van der Waals surface area (Å²) >= 11 is 6.05. The van der Waals surface area contributed by atoms with Gasteiger partial charge in [-0.05, 0) is 80.9 Å². The van der Waals surface area contributed by atoms with E-state index in [0.29, 0.717) is 47.8 Å². The molecule has 14 nitrogen and oxygen atoms in total. The first-order valence-electron chi connectivity index (χ1n) is 17.8. The Hall–Kier alpha value is -3.89. The summed E-state index contributed by atoms with van der Waals surface area (Å²) in [4.78, 5) is 62.4. The van der Waals surface area contributed by atoms with Gasteiger partial charge >= 0.3 is 0 Å². The number of benzene rings is 2. The third kappa shape index (κ3) is 9.75. The molecular formula is C36H45ClN6O8S. The molecule has 3 N–H and O–H groups in total. The fraction of sp³-hybridized carbons (Fsp3) is 0.528. The highest BCUT2D eigenvalue weighted by Gasteiger charge is 2.44. The Morgan fingerprint density at radius 3 is 2.54 bits per heavy atom. The lowest BCUT2D eigenvalue weighted by Crippen LogP contribution is -2.57. The van der Waals surface area contributed by atoms with Crippen molar-refractivity contribution in [3.63, 3.8) is 0 Å². The smallest absolute Gasteiger partial charge is 0.266 e. The molecule has 3 aromatic rings. The lowest BCUT2D eigenvalue weighted by Gasteiger charge is -2.31. The van der Waals surface area contributed by atoms with E-state index in [-0.39, 0.29) is 44.3 Å². The number of amides is 3. The second kappa shape index (κ2) is 16.8. The van der Waals surface area contributed by atoms with Gasteiger partial charge in [-0.3, -0.25) is 19.2 Å². The SMILES string of the molecule is CS(=O)(=O)N[C@H](CCC1CCNCC1)C(=O)N1C[C@H](OCc2ccc(Cl)cc2)C[C@H]1C(=O)N[C@@H](CN1CCCC1=O)C(=O)c1nc2ccccc2o1. The van der Waals surface area contributed by atoms with Crippen LogP contribution in [0.2, 0.25) is 5.02 Å². The maximum absolute atomic E-state index is 14.3. The van der Waals surface area contributed by atoms with Crippen molar-refractivity contribution in [2.24, 2.45) is 5.92 Å². The van der Waals surface area contributed by atoms with Crippen LogP contribution in [0.4, 0.5) is 0 Å². The highest BCUT2D eigenvalue weighted by atomic mass is 35.5. The first-order chi connectivity index (χ1) is 24.9. The maximum atomic E-state index is 14.3. The first kappa shape index (κ1) is 37.9. The molecule has 3 fully saturated rings. The monoisotopic (exact) mass is 756 g/mol. The number of carbonyl (C=O) groups is 4. The molecule has 280 valence electrons. The highest BCUT2D eigenvalue weighted by molar-refractivity contribution is 7.88. The lowest BCUT2D eigenvalue weighted by atomic mass is 9.91. The zero-order valence-corrected chi connectivity index (χ0v) is 30.7. The minimum atomic E-state index is -3.79. The Kier molecular flexibility index (Phi) is 12.3. The summed E-state index contributed by atoms with van der Waals surface area (Å²) in [6, 6.07) is 10.6. The van der Waals surface area contributed by atoms with Gasteiger partial charge in [0, 0.05) is 37.5 Å². The quantitative estimate of drug-likeness (QED) is 0.195. The zero-order valence-electron chi connectivity index (χ0n) is 29.1. The van der Waals surface area contributed by atoms with Crippen LogP contribution in [0.5, 0.6) is 0 Å². The molecule has 0 unspecified atom stereocenters. The normalized spacial score (nSPS) is 21.1. The van der Waals surface area contributed by atoms with Crippen molar-refractivity contribution in [3.8, 4) is 0 Å². The number of oxazole rings is 1. The van der Waals surface area contributed by atoms with Crippen LogP contribution in [0.1, 0.15) is 61.2 Å². The molecule has 16 heteroatoms. The number of para-hydroxylation sites is 2. The van der Waals surface area contributed by atoms with Crippen molar-refractivity contribution in [1.82, 2.24) is 30.1 Å². The molecular weight excluding hydrogens is 712 g/mol. The lowest BCUT2D eigenvalue weighted by molar-refractivity contribution is -0.140. The average molecular weight is 757 g/mol. The number of aromatic nitrogens is 1. The molecule has 1 aromatic heterocycles. The van der Waals surface area contributed by atoms with E-state index in [4.69, 9.17) is 20.8 Å². The number of halogens is 1. The summed E-state index contributed by atoms with van der Waals surface area (Å²) < 4.78 is 39.5. The average Bonchev–Trinajstić information content (AvgIpc) is 3.87. The number of hydrogen-bond acceptors (Lipinski definition) is 10. The van der Waals surface area contributed by atoms with Gasteiger partial charge in [0.2, 0.25) is 33.5 Å². The molecule has 0 radical (unpaired) electrons. The molecule has 3 aliphatic rings. The molecule has 3 aliphatic heterocycles. The fourth-order valence-electron chi connectivity index (χ4n) is 7.18. The van der Waals surface area contributed by atoms with E-state index in [2.05, 4.69) is 20.3 Å². The van der Waals surface area contributed by atoms with Gasteiger partial charge in [-0.15, -0.1) is 0 Å². The number of carbonyl (C=O) groups excluding carboxylic acids is 4. The van der Waals surface area contributed by atoms with Crippen LogP contribution in [-0.4, -0.2) is 110 Å². The molecule has 4 atom stereocenters. The molecule has 6 rings (SSSR count). The van der Waals surface area contributed by atoms with E-state index in [1.165, 1.54) is 9.80 Å². The van der Waals surface area contributed by atoms with Crippen molar-refractivity contribution in [2.45, 2.75) is 75.8 Å². The van der Waals surface area contributed by atoms with Crippen LogP contribution in [0.25, 0.3) is 11.1 Å². The van der Waals surface area contributed by atoms with Gasteiger partial charge in [0.25, 0.3) is 5.89 Å². The van der Waals surface area contributed by atoms with Gasteiger partial charge in [0.05, 0.1) is 19.0 Å². The number of nitrogens with zero attached hydrogens (tertiary/aromatic N) is 3. The zero-order chi connectivity index (χ0) is 36.8. The van der Waals surface area contributed by atoms with Crippen LogP contribution < -0.4 is 15.4 Å². The van der Waals surface area contributed by atoms with E-state index in [1.54, 1.807) is 36.4 Å². The van der Waals surface area contributed by atoms with Crippen molar-refractivity contribution in [2.75, 3.05) is 39.0 Å². The number of piperidine rings is 1. The molecule has 0 aliphatic carbocycles. The second-order valence-electron chi connectivity index (χ2n) is 13.9. The molecule has 0 spiro atoms. The number of Topliss-reactive ketones (excluding diaryl/α,β-unsaturated/α-hetero) is 1. The Labute approximate surface area is 308 Å². The predicted molar refractivity (Wildman–Crippen MR) is 193 cm³/mol. The van der Waals surface area contributed by atoms with E-state index < -0.39 is 51.9 Å². The van der Waals surface area contributed by atoms with Gasteiger partial charge in [0.1, 0.15) is 23.6 Å². The number of ketones is 1. The van der Waals surface area contributed by atoms with E-state index in [9.17, 15) is 27.6 Å². The standard InChI is InChI=1S/C36H45ClN6O8S/c1-52(48,49)41-28(13-10-23-14-16-38-17-15-23)36(47)43-20-26(50-22-24-8-11-25(37)12-9-24)19-30(43)34(46)39-29(21-42-18-4-7-32(42)44)33(45)35-40-27-5-2-3-6-31(27)51-35/h2-3,5-6,8-9,11-12,23,26,28-30,38,41H,4,7,10,13-22H2,1H3,(H,39,46)/t26-,28-,29+,30+/m1/s1. The maximum Gasteiger partial charge on any atom is 0.266 e. The van der Waals surface area contributed by atoms with Crippen LogP contribution in [-0.2, 0) is 35.8 Å². The first-order valence-corrected chi connectivity index (χ1v) is 20.0. The Morgan fingerprint density at radius 1 is 1.10 bits per heavy atom. The number of likely N-dealkylation sites (tertiary alicyclic amines) is 2. The molecule has 4 heterocycles. The van der Waals surface area contributed by atoms with Crippen LogP contribution in [0, 0.1) is 5.92 Å². The molecule has 3 amide bonds. The molecule has 0 saturated carbocycles. The van der Waals surface area contributed by atoms with Crippen LogP contribution in [0.15, 0.2) is 52.9 Å². The summed E-state index contributed by atoms with van der Waals surface area (Å²) in [6.07, 6.45) is 4.21. The minimum absolute atomic E-state index is 0.0220. The largest absolute Gasteiger partial charge is 0.434 e. The van der Waals surface area contributed by atoms with Gasteiger partial charge in [-0.2, -0.15) is 0 Å². The summed E-state index contributed by atoms with van der Waals surface area (Å²) in [5.41, 5.74) is 1.71. The van der Waals surface area contributed by atoms with Gasteiger partial charge in [0.15, 0.2) is 5.58 Å². The number of nitrogens with one attached hydrogen (secondary N) is 3. The predicted octanol–water partition coefficient (Wildman–Crippen LogP) is 2.66. The Bertz CT molecular complexity index is 1830. The second-order valence-corrected chi connectivity index (χ2v) is 16.1. The number of hydrogen-bond donors (Lipinski definition) is 3. The van der Waals surface area contributed by atoms with Gasteiger partial charge in [-0.25, -0.2) is 18.1 Å². The van der Waals surface area contributed by atoms with E-state index in [1.807, 2.05) is 12.1 Å². The summed E-state index contributed by atoms with van der Waals surface area (Å²) in [5.74, 6) is -1.82. The van der Waals surface area contributed by atoms with Crippen LogP contribution >= 0.6 is 11.6 Å². The fourth-order valence-corrected chi connectivity index (χ4v) is 8.04. The topological polar surface area (TPSA) is 180 Å². The Morgan fingerprint density at radius 2 is 1.85 bits per heavy atom. The molecule has 3 saturated heterocycles. The minimum Gasteiger partial charge on any atom is -0.434 e. The number of sulfonamides is 1. The van der Waals surface area contributed by atoms with Crippen molar-refractivity contribution < 1.29 is 36.7 Å². The molecule has 2 aromatic carbocycles. The summed E-state index contributed by atoms with van der Waals surface area (Å²) in [6.45, 7) is 2.25. The number of ether oxygens (including phenoxy) is 1. The van der Waals surface area contributed by atoms with Crippen molar-refractivity contribution >= 4 is 56.2 Å². The van der Waals surface area contributed by atoms with E-state index >= 15 is 0 Å².